The van der Waals surface area contributed by atoms with Gasteiger partial charge in [-0.3, -0.25) is 0 Å². The van der Waals surface area contributed by atoms with Gasteiger partial charge in [-0.25, -0.2) is 0 Å². The summed E-state index contributed by atoms with van der Waals surface area (Å²) in [6.07, 6.45) is 3.70. The molecule has 178 valence electrons. The Morgan fingerprint density at radius 3 is 1.44 bits per heavy atom. The van der Waals surface area contributed by atoms with Gasteiger partial charge in [0.2, 0.25) is 0 Å². The highest BCUT2D eigenvalue weighted by Gasteiger charge is 2.34. The molecular formula is C31H36O3. The van der Waals surface area contributed by atoms with Gasteiger partial charge in [0.15, 0.2) is 0 Å². The van der Waals surface area contributed by atoms with Gasteiger partial charge in [-0.2, -0.15) is 0 Å². The Balaban J connectivity index is 1.82. The van der Waals surface area contributed by atoms with Gasteiger partial charge in [0, 0.05) is 0 Å². The summed E-state index contributed by atoms with van der Waals surface area (Å²) in [7, 11) is 0. The maximum Gasteiger partial charge on any atom is 0.114 e. The minimum Gasteiger partial charge on any atom is -0.370 e. The molecule has 34 heavy (non-hydrogen) atoms. The number of allylic oxidation sites excluding steroid dienone is 1. The fraction of sp³-hybridized carbons (Fsp3) is 0.290. The van der Waals surface area contributed by atoms with E-state index in [4.69, 9.17) is 14.2 Å². The number of hydrogen-bond donors (Lipinski definition) is 0. The topological polar surface area (TPSA) is 27.7 Å². The molecule has 0 heterocycles. The summed E-state index contributed by atoms with van der Waals surface area (Å²) in [5, 5.41) is 0. The predicted molar refractivity (Wildman–Crippen MR) is 139 cm³/mol. The van der Waals surface area contributed by atoms with Gasteiger partial charge in [-0.15, -0.1) is 13.2 Å². The van der Waals surface area contributed by atoms with Gasteiger partial charge in [0.25, 0.3) is 0 Å². The van der Waals surface area contributed by atoms with E-state index in [-0.39, 0.29) is 24.2 Å². The Morgan fingerprint density at radius 1 is 0.618 bits per heavy atom. The third kappa shape index (κ3) is 8.11. The van der Waals surface area contributed by atoms with E-state index in [2.05, 4.69) is 56.5 Å². The Hall–Kier alpha value is -2.98. The van der Waals surface area contributed by atoms with Crippen LogP contribution in [0.15, 0.2) is 116 Å². The van der Waals surface area contributed by atoms with Crippen LogP contribution >= 0.6 is 0 Å². The molecule has 0 saturated carbocycles. The fourth-order valence-electron chi connectivity index (χ4n) is 3.95. The molecule has 3 aromatic carbocycles. The Morgan fingerprint density at radius 2 is 1.03 bits per heavy atom. The second kappa shape index (κ2) is 14.3. The van der Waals surface area contributed by atoms with Gasteiger partial charge in [0.1, 0.15) is 12.2 Å². The van der Waals surface area contributed by atoms with Gasteiger partial charge in [-0.05, 0) is 29.0 Å². The maximum absolute atomic E-state index is 6.53. The molecule has 0 fully saturated rings. The summed E-state index contributed by atoms with van der Waals surface area (Å²) in [5.41, 5.74) is 3.34. The van der Waals surface area contributed by atoms with Gasteiger partial charge >= 0.3 is 0 Å². The van der Waals surface area contributed by atoms with Crippen molar-refractivity contribution in [3.63, 3.8) is 0 Å². The van der Waals surface area contributed by atoms with Crippen molar-refractivity contribution < 1.29 is 14.2 Å². The highest BCUT2D eigenvalue weighted by atomic mass is 16.6. The largest absolute Gasteiger partial charge is 0.370 e. The van der Waals surface area contributed by atoms with Crippen molar-refractivity contribution in [2.24, 2.45) is 5.92 Å². The average molecular weight is 457 g/mol. The van der Waals surface area contributed by atoms with Crippen LogP contribution in [0.25, 0.3) is 0 Å². The highest BCUT2D eigenvalue weighted by molar-refractivity contribution is 5.15. The van der Waals surface area contributed by atoms with E-state index >= 15 is 0 Å². The van der Waals surface area contributed by atoms with E-state index in [0.29, 0.717) is 19.8 Å². The zero-order chi connectivity index (χ0) is 24.0. The van der Waals surface area contributed by atoms with Crippen molar-refractivity contribution >= 4 is 0 Å². The summed E-state index contributed by atoms with van der Waals surface area (Å²) in [6, 6.07) is 30.6. The molecular weight excluding hydrogens is 420 g/mol. The van der Waals surface area contributed by atoms with E-state index in [1.165, 1.54) is 0 Å². The standard InChI is InChI=1S/C31H36O3/c1-4-15-25(3)30(33-23-27-18-11-7-12-19-27)31(34-24-28-20-13-8-14-21-28)29(5-2)32-22-26-16-9-6-10-17-26/h4-14,16-21,25,29-31H,1-2,15,22-24H2,3H3/t25?,29-,30-,31-/m0/s1. The van der Waals surface area contributed by atoms with Crippen molar-refractivity contribution in [1.82, 2.24) is 0 Å². The second-order valence-corrected chi connectivity index (χ2v) is 8.52. The molecule has 0 radical (unpaired) electrons. The van der Waals surface area contributed by atoms with Gasteiger partial charge in [0.05, 0.1) is 25.9 Å². The first-order valence-corrected chi connectivity index (χ1v) is 11.9. The number of ether oxygens (including phenoxy) is 3. The SMILES string of the molecule is C=CCC(C)[C@H](OCc1ccccc1)[C@@H](OCc1ccccc1)[C@H](C=C)OCc1ccccc1. The van der Waals surface area contributed by atoms with Crippen molar-refractivity contribution in [3.05, 3.63) is 133 Å². The Labute approximate surface area is 204 Å². The predicted octanol–water partition coefficient (Wildman–Crippen LogP) is 7.14. The second-order valence-electron chi connectivity index (χ2n) is 8.52. The van der Waals surface area contributed by atoms with Crippen LogP contribution in [0.4, 0.5) is 0 Å². The minimum atomic E-state index is -0.336. The molecule has 3 heteroatoms. The molecule has 0 N–H and O–H groups in total. The van der Waals surface area contributed by atoms with Crippen LogP contribution in [-0.2, 0) is 34.0 Å². The maximum atomic E-state index is 6.53. The first-order valence-electron chi connectivity index (χ1n) is 11.9. The van der Waals surface area contributed by atoms with E-state index in [1.807, 2.05) is 66.7 Å². The molecule has 0 aliphatic carbocycles. The van der Waals surface area contributed by atoms with Crippen LogP contribution in [-0.4, -0.2) is 18.3 Å². The summed E-state index contributed by atoms with van der Waals surface area (Å²) < 4.78 is 19.4. The number of benzene rings is 3. The molecule has 1 unspecified atom stereocenters. The zero-order valence-corrected chi connectivity index (χ0v) is 20.1. The molecule has 0 amide bonds. The van der Waals surface area contributed by atoms with Gasteiger partial charge < -0.3 is 14.2 Å². The summed E-state index contributed by atoms with van der Waals surface area (Å²) in [5.74, 6) is 0.185. The normalized spacial score (nSPS) is 14.6. The Bertz CT molecular complexity index is 956. The third-order valence-electron chi connectivity index (χ3n) is 5.84. The van der Waals surface area contributed by atoms with E-state index in [0.717, 1.165) is 23.1 Å². The smallest absolute Gasteiger partial charge is 0.114 e. The number of rotatable bonds is 15. The average Bonchev–Trinajstić information content (AvgIpc) is 2.89. The van der Waals surface area contributed by atoms with E-state index in [1.54, 1.807) is 0 Å². The summed E-state index contributed by atoms with van der Waals surface area (Å²) in [6.45, 7) is 11.6. The minimum absolute atomic E-state index is 0.185. The first-order chi connectivity index (χ1) is 16.7. The van der Waals surface area contributed by atoms with E-state index in [9.17, 15) is 0 Å². The molecule has 0 spiro atoms. The van der Waals surface area contributed by atoms with Crippen molar-refractivity contribution in [2.45, 2.75) is 51.5 Å². The summed E-state index contributed by atoms with van der Waals surface area (Å²) in [4.78, 5) is 0. The van der Waals surface area contributed by atoms with E-state index < -0.39 is 0 Å². The molecule has 3 nitrogen and oxygen atoms in total. The molecule has 4 atom stereocenters. The van der Waals surface area contributed by atoms with Crippen molar-refractivity contribution in [1.29, 1.82) is 0 Å². The molecule has 3 rings (SSSR count). The van der Waals surface area contributed by atoms with Crippen LogP contribution in [0.2, 0.25) is 0 Å². The monoisotopic (exact) mass is 456 g/mol. The quantitative estimate of drug-likeness (QED) is 0.227. The lowest BCUT2D eigenvalue weighted by Gasteiger charge is -2.35. The number of hydrogen-bond acceptors (Lipinski definition) is 3. The lowest BCUT2D eigenvalue weighted by molar-refractivity contribution is -0.152. The first kappa shape index (κ1) is 25.6. The van der Waals surface area contributed by atoms with Crippen LogP contribution in [0.5, 0.6) is 0 Å². The van der Waals surface area contributed by atoms with Crippen LogP contribution in [0.1, 0.15) is 30.0 Å². The zero-order valence-electron chi connectivity index (χ0n) is 20.1. The lowest BCUT2D eigenvalue weighted by atomic mass is 9.92. The van der Waals surface area contributed by atoms with Crippen molar-refractivity contribution in [3.8, 4) is 0 Å². The fourth-order valence-corrected chi connectivity index (χ4v) is 3.95. The van der Waals surface area contributed by atoms with Crippen LogP contribution in [0, 0.1) is 5.92 Å². The molecule has 0 aliphatic rings. The molecule has 3 aromatic rings. The van der Waals surface area contributed by atoms with Crippen LogP contribution in [0.3, 0.4) is 0 Å². The molecule has 0 saturated heterocycles. The molecule has 0 aromatic heterocycles. The van der Waals surface area contributed by atoms with Crippen molar-refractivity contribution in [2.75, 3.05) is 0 Å². The summed E-state index contributed by atoms with van der Waals surface area (Å²) >= 11 is 0. The van der Waals surface area contributed by atoms with Gasteiger partial charge in [-0.1, -0.05) is 110 Å². The lowest BCUT2D eigenvalue weighted by Crippen LogP contribution is -2.45. The molecule has 0 aliphatic heterocycles. The Kier molecular flexibility index (Phi) is 10.8. The highest BCUT2D eigenvalue weighted by Crippen LogP contribution is 2.26. The van der Waals surface area contributed by atoms with Crippen LogP contribution < -0.4 is 0 Å². The third-order valence-corrected chi connectivity index (χ3v) is 5.84. The molecule has 0 bridgehead atoms.